The second-order valence-corrected chi connectivity index (χ2v) is 7.42. The molecule has 0 bridgehead atoms. The fourth-order valence-electron chi connectivity index (χ4n) is 2.86. The number of nitrogens with zero attached hydrogens (tertiary/aromatic N) is 1. The maximum absolute atomic E-state index is 12.7. The highest BCUT2D eigenvalue weighted by Crippen LogP contribution is 2.34. The fourth-order valence-corrected chi connectivity index (χ4v) is 3.73. The second-order valence-electron chi connectivity index (χ2n) is 6.43. The van der Waals surface area contributed by atoms with Crippen molar-refractivity contribution in [1.82, 2.24) is 4.90 Å². The first-order valence-corrected chi connectivity index (χ1v) is 10.3. The molecule has 32 heavy (non-hydrogen) atoms. The second kappa shape index (κ2) is 10.6. The zero-order valence-electron chi connectivity index (χ0n) is 17.4. The molecular formula is C22H21NO8S. The first-order chi connectivity index (χ1) is 15.4. The summed E-state index contributed by atoms with van der Waals surface area (Å²) in [5.41, 5.74) is 0.597. The SMILES string of the molecule is COc1ccccc1OCCN1C(=O)S/C(=C\c2ccc(OCC(=O)O)c(OC)c2)C1=O. The van der Waals surface area contributed by atoms with E-state index in [0.29, 0.717) is 22.8 Å². The number of carboxylic acids is 1. The fraction of sp³-hybridized carbons (Fsp3) is 0.227. The molecular weight excluding hydrogens is 438 g/mol. The van der Waals surface area contributed by atoms with Crippen LogP contribution >= 0.6 is 11.8 Å². The molecule has 1 heterocycles. The summed E-state index contributed by atoms with van der Waals surface area (Å²) in [5.74, 6) is 0.118. The van der Waals surface area contributed by atoms with Crippen LogP contribution in [0.2, 0.25) is 0 Å². The number of carboxylic acid groups (broad SMARTS) is 1. The highest BCUT2D eigenvalue weighted by atomic mass is 32.2. The van der Waals surface area contributed by atoms with E-state index in [2.05, 4.69) is 0 Å². The minimum absolute atomic E-state index is 0.0886. The van der Waals surface area contributed by atoms with E-state index in [1.54, 1.807) is 42.5 Å². The molecule has 1 aliphatic heterocycles. The Morgan fingerprint density at radius 3 is 2.38 bits per heavy atom. The molecule has 0 unspecified atom stereocenters. The number of hydrogen-bond donors (Lipinski definition) is 1. The van der Waals surface area contributed by atoms with Crippen LogP contribution in [-0.2, 0) is 9.59 Å². The Balaban J connectivity index is 1.66. The summed E-state index contributed by atoms with van der Waals surface area (Å²) in [6.45, 7) is -0.300. The van der Waals surface area contributed by atoms with Crippen molar-refractivity contribution in [1.29, 1.82) is 0 Å². The number of rotatable bonds is 10. The van der Waals surface area contributed by atoms with Gasteiger partial charge in [0.25, 0.3) is 11.1 Å². The van der Waals surface area contributed by atoms with E-state index >= 15 is 0 Å². The number of imide groups is 1. The molecule has 3 rings (SSSR count). The molecule has 1 aliphatic rings. The molecule has 0 aliphatic carbocycles. The van der Waals surface area contributed by atoms with Crippen LogP contribution in [0, 0.1) is 0 Å². The van der Waals surface area contributed by atoms with Gasteiger partial charge in [-0.15, -0.1) is 0 Å². The summed E-state index contributed by atoms with van der Waals surface area (Å²) >= 11 is 0.831. The lowest BCUT2D eigenvalue weighted by molar-refractivity contribution is -0.139. The standard InChI is InChI=1S/C22H21NO8S/c1-28-15-5-3-4-6-16(15)30-10-9-23-21(26)19(32-22(23)27)12-14-7-8-17(18(11-14)29-2)31-13-20(24)25/h3-8,11-12H,9-10,13H2,1-2H3,(H,24,25)/b19-12-. The Labute approximate surface area is 188 Å². The van der Waals surface area contributed by atoms with E-state index in [4.69, 9.17) is 24.1 Å². The van der Waals surface area contributed by atoms with Crippen molar-refractivity contribution < 1.29 is 38.4 Å². The Morgan fingerprint density at radius 2 is 1.69 bits per heavy atom. The predicted octanol–water partition coefficient (Wildman–Crippen LogP) is 3.28. The molecule has 1 N–H and O–H groups in total. The third-order valence-corrected chi connectivity index (χ3v) is 5.26. The van der Waals surface area contributed by atoms with Gasteiger partial charge in [-0.1, -0.05) is 18.2 Å². The maximum atomic E-state index is 12.7. The summed E-state index contributed by atoms with van der Waals surface area (Å²) in [5, 5.41) is 8.36. The highest BCUT2D eigenvalue weighted by molar-refractivity contribution is 8.18. The lowest BCUT2D eigenvalue weighted by Gasteiger charge is -2.14. The number of aliphatic carboxylic acids is 1. The number of hydrogen-bond acceptors (Lipinski definition) is 8. The molecule has 1 saturated heterocycles. The first-order valence-electron chi connectivity index (χ1n) is 9.46. The average Bonchev–Trinajstić information content (AvgIpc) is 3.05. The van der Waals surface area contributed by atoms with Crippen LogP contribution in [0.25, 0.3) is 6.08 Å². The van der Waals surface area contributed by atoms with Crippen molar-refractivity contribution in [2.45, 2.75) is 0 Å². The lowest BCUT2D eigenvalue weighted by atomic mass is 10.2. The number of thioether (sulfide) groups is 1. The zero-order valence-corrected chi connectivity index (χ0v) is 18.2. The Morgan fingerprint density at radius 1 is 1.00 bits per heavy atom. The normalized spacial score (nSPS) is 14.6. The van der Waals surface area contributed by atoms with Crippen LogP contribution in [-0.4, -0.2) is 61.1 Å². The van der Waals surface area contributed by atoms with Crippen molar-refractivity contribution in [2.24, 2.45) is 0 Å². The van der Waals surface area contributed by atoms with Crippen LogP contribution in [0.15, 0.2) is 47.4 Å². The topological polar surface area (TPSA) is 112 Å². The largest absolute Gasteiger partial charge is 0.493 e. The number of para-hydroxylation sites is 2. The van der Waals surface area contributed by atoms with E-state index in [9.17, 15) is 14.4 Å². The van der Waals surface area contributed by atoms with E-state index in [1.165, 1.54) is 14.2 Å². The third kappa shape index (κ3) is 5.52. The summed E-state index contributed by atoms with van der Waals surface area (Å²) < 4.78 is 21.3. The number of benzene rings is 2. The van der Waals surface area contributed by atoms with Gasteiger partial charge in [0.1, 0.15) is 6.61 Å². The van der Waals surface area contributed by atoms with E-state index < -0.39 is 23.7 Å². The first kappa shape index (κ1) is 23.0. The van der Waals surface area contributed by atoms with Gasteiger partial charge in [-0.3, -0.25) is 14.5 Å². The molecule has 0 spiro atoms. The van der Waals surface area contributed by atoms with E-state index in [1.807, 2.05) is 6.07 Å². The molecule has 0 radical (unpaired) electrons. The van der Waals surface area contributed by atoms with Gasteiger partial charge in [-0.05, 0) is 47.7 Å². The summed E-state index contributed by atoms with van der Waals surface area (Å²) in [6, 6.07) is 11.9. The molecule has 2 aromatic carbocycles. The van der Waals surface area contributed by atoms with Crippen LogP contribution in [0.1, 0.15) is 5.56 Å². The molecule has 0 saturated carbocycles. The lowest BCUT2D eigenvalue weighted by Crippen LogP contribution is -2.32. The van der Waals surface area contributed by atoms with E-state index in [-0.39, 0.29) is 23.8 Å². The van der Waals surface area contributed by atoms with Gasteiger partial charge in [0.05, 0.1) is 25.7 Å². The molecule has 9 nitrogen and oxygen atoms in total. The number of carbonyl (C=O) groups is 3. The Hall–Kier alpha value is -3.66. The molecule has 2 aromatic rings. The number of methoxy groups -OCH3 is 2. The molecule has 0 aromatic heterocycles. The minimum atomic E-state index is -1.11. The van der Waals surface area contributed by atoms with Crippen molar-refractivity contribution in [2.75, 3.05) is 34.0 Å². The molecule has 10 heteroatoms. The van der Waals surface area contributed by atoms with Crippen molar-refractivity contribution in [3.05, 3.63) is 52.9 Å². The predicted molar refractivity (Wildman–Crippen MR) is 117 cm³/mol. The maximum Gasteiger partial charge on any atom is 0.341 e. The summed E-state index contributed by atoms with van der Waals surface area (Å²) in [4.78, 5) is 37.1. The van der Waals surface area contributed by atoms with Gasteiger partial charge in [-0.2, -0.15) is 0 Å². The number of carbonyl (C=O) groups excluding carboxylic acids is 2. The van der Waals surface area contributed by atoms with Gasteiger partial charge in [-0.25, -0.2) is 4.79 Å². The average molecular weight is 459 g/mol. The van der Waals surface area contributed by atoms with Gasteiger partial charge in [0.15, 0.2) is 29.6 Å². The van der Waals surface area contributed by atoms with Crippen molar-refractivity contribution >= 4 is 35.0 Å². The van der Waals surface area contributed by atoms with Crippen LogP contribution in [0.4, 0.5) is 4.79 Å². The van der Waals surface area contributed by atoms with Crippen LogP contribution in [0.3, 0.4) is 0 Å². The third-order valence-electron chi connectivity index (χ3n) is 4.35. The molecule has 0 atom stereocenters. The zero-order chi connectivity index (χ0) is 23.1. The van der Waals surface area contributed by atoms with Crippen LogP contribution in [0.5, 0.6) is 23.0 Å². The van der Waals surface area contributed by atoms with Crippen LogP contribution < -0.4 is 18.9 Å². The van der Waals surface area contributed by atoms with Gasteiger partial charge in [0.2, 0.25) is 0 Å². The monoisotopic (exact) mass is 459 g/mol. The van der Waals surface area contributed by atoms with E-state index in [0.717, 1.165) is 16.7 Å². The van der Waals surface area contributed by atoms with Gasteiger partial charge >= 0.3 is 5.97 Å². The molecule has 2 amide bonds. The quantitative estimate of drug-likeness (QED) is 0.535. The minimum Gasteiger partial charge on any atom is -0.493 e. The Kier molecular flexibility index (Phi) is 7.61. The van der Waals surface area contributed by atoms with Gasteiger partial charge < -0.3 is 24.1 Å². The van der Waals surface area contributed by atoms with Crippen molar-refractivity contribution in [3.63, 3.8) is 0 Å². The highest BCUT2D eigenvalue weighted by Gasteiger charge is 2.34. The number of amides is 2. The molecule has 168 valence electrons. The smallest absolute Gasteiger partial charge is 0.341 e. The Bertz CT molecular complexity index is 1050. The molecule has 1 fully saturated rings. The summed E-state index contributed by atoms with van der Waals surface area (Å²) in [6.07, 6.45) is 1.56. The van der Waals surface area contributed by atoms with Crippen molar-refractivity contribution in [3.8, 4) is 23.0 Å². The van der Waals surface area contributed by atoms with Gasteiger partial charge in [0, 0.05) is 0 Å². The summed E-state index contributed by atoms with van der Waals surface area (Å²) in [7, 11) is 2.95. The number of ether oxygens (including phenoxy) is 4.